The normalized spacial score (nSPS) is 13.1. The fourth-order valence-electron chi connectivity index (χ4n) is 3.10. The molecule has 0 atom stereocenters. The van der Waals surface area contributed by atoms with Gasteiger partial charge in [-0.05, 0) is 29.8 Å². The molecule has 1 aliphatic heterocycles. The van der Waals surface area contributed by atoms with Crippen molar-refractivity contribution < 1.29 is 36.7 Å². The zero-order chi connectivity index (χ0) is 23.8. The second-order valence-corrected chi connectivity index (χ2v) is 6.63. The van der Waals surface area contributed by atoms with Gasteiger partial charge >= 0.3 is 12.1 Å². The van der Waals surface area contributed by atoms with Crippen LogP contribution in [0, 0.1) is 0 Å². The molecule has 0 saturated heterocycles. The smallest absolute Gasteiger partial charge is 0.493 e. The van der Waals surface area contributed by atoms with E-state index in [4.69, 9.17) is 19.6 Å². The number of halogens is 3. The third kappa shape index (κ3) is 4.27. The average Bonchev–Trinajstić information content (AvgIpc) is 3.41. The summed E-state index contributed by atoms with van der Waals surface area (Å²) in [6.45, 7) is 0.0570. The number of nitrogens with zero attached hydrogens (tertiary/aromatic N) is 4. The van der Waals surface area contributed by atoms with Gasteiger partial charge in [-0.1, -0.05) is 6.07 Å². The van der Waals surface area contributed by atoms with Gasteiger partial charge in [-0.25, -0.2) is 9.78 Å². The van der Waals surface area contributed by atoms with Crippen LogP contribution in [0.5, 0.6) is 11.5 Å². The molecule has 3 aromatic rings. The quantitative estimate of drug-likeness (QED) is 0.556. The van der Waals surface area contributed by atoms with Crippen LogP contribution >= 0.6 is 0 Å². The fraction of sp³-hybridized carbons (Fsp3) is 0.211. The van der Waals surface area contributed by atoms with E-state index < -0.39 is 12.1 Å². The molecule has 0 fully saturated rings. The molecule has 0 aliphatic carbocycles. The number of carbonyl (C=O) groups excluding carboxylic acids is 1. The van der Waals surface area contributed by atoms with Crippen LogP contribution in [0.25, 0.3) is 11.5 Å². The molecule has 14 heteroatoms. The second-order valence-electron chi connectivity index (χ2n) is 6.63. The molecule has 2 aromatic heterocycles. The van der Waals surface area contributed by atoms with Crippen molar-refractivity contribution in [3.63, 3.8) is 0 Å². The lowest BCUT2D eigenvalue weighted by molar-refractivity contribution is -0.202. The Bertz CT molecular complexity index is 1170. The minimum absolute atomic E-state index is 0.0137. The largest absolute Gasteiger partial charge is 0.493 e. The van der Waals surface area contributed by atoms with E-state index in [2.05, 4.69) is 20.3 Å². The molecule has 33 heavy (non-hydrogen) atoms. The molecule has 0 saturated carbocycles. The third-order valence-electron chi connectivity index (χ3n) is 4.50. The number of carbonyl (C=O) groups is 1. The van der Waals surface area contributed by atoms with Gasteiger partial charge in [-0.2, -0.15) is 18.2 Å². The first-order chi connectivity index (χ1) is 15.7. The Morgan fingerprint density at radius 1 is 1.18 bits per heavy atom. The van der Waals surface area contributed by atoms with Gasteiger partial charge in [0.15, 0.2) is 28.8 Å². The lowest BCUT2D eigenvalue weighted by atomic mass is 10.2. The number of hydrazine groups is 2. The molecule has 174 valence electrons. The van der Waals surface area contributed by atoms with E-state index in [1.807, 2.05) is 0 Å². The number of anilines is 3. The number of methoxy groups -OCH3 is 2. The Morgan fingerprint density at radius 2 is 1.94 bits per heavy atom. The molecular weight excluding hydrogens is 449 g/mol. The van der Waals surface area contributed by atoms with Crippen molar-refractivity contribution in [3.8, 4) is 23.0 Å². The predicted molar refractivity (Wildman–Crippen MR) is 108 cm³/mol. The molecule has 1 aromatic carbocycles. The highest BCUT2D eigenvalue weighted by atomic mass is 19.4. The maximum atomic E-state index is 12.9. The van der Waals surface area contributed by atoms with Crippen molar-refractivity contribution in [2.24, 2.45) is 0 Å². The summed E-state index contributed by atoms with van der Waals surface area (Å²) in [5.74, 6) is -1.47. The van der Waals surface area contributed by atoms with E-state index in [-0.39, 0.29) is 35.5 Å². The molecular formula is C19H17F3N6O5. The minimum atomic E-state index is -5.24. The number of hydrogen-bond acceptors (Lipinski definition) is 11. The van der Waals surface area contributed by atoms with E-state index in [0.717, 1.165) is 0 Å². The number of nitrogens with two attached hydrogens (primary N) is 1. The number of rotatable bonds is 6. The summed E-state index contributed by atoms with van der Waals surface area (Å²) < 4.78 is 54.4. The molecule has 0 amide bonds. The Labute approximate surface area is 184 Å². The number of benzene rings is 1. The Balaban J connectivity index is 1.75. The van der Waals surface area contributed by atoms with Crippen molar-refractivity contribution in [1.29, 1.82) is 0 Å². The Morgan fingerprint density at radius 3 is 2.58 bits per heavy atom. The number of alkyl halides is 3. The molecule has 11 nitrogen and oxygen atoms in total. The zero-order valence-electron chi connectivity index (χ0n) is 17.2. The number of furan rings is 1. The highest BCUT2D eigenvalue weighted by Crippen LogP contribution is 2.41. The summed E-state index contributed by atoms with van der Waals surface area (Å²) in [7, 11) is 2.95. The van der Waals surface area contributed by atoms with Crippen LogP contribution in [0.15, 0.2) is 41.0 Å². The monoisotopic (exact) mass is 466 g/mol. The van der Waals surface area contributed by atoms with Crippen LogP contribution in [-0.2, 0) is 16.2 Å². The summed E-state index contributed by atoms with van der Waals surface area (Å²) in [6.07, 6.45) is -3.89. The predicted octanol–water partition coefficient (Wildman–Crippen LogP) is 2.60. The van der Waals surface area contributed by atoms with Crippen LogP contribution in [-0.4, -0.2) is 36.3 Å². The average molecular weight is 466 g/mol. The van der Waals surface area contributed by atoms with Crippen molar-refractivity contribution in [1.82, 2.24) is 15.5 Å². The number of hydrogen-bond donors (Lipinski definition) is 2. The van der Waals surface area contributed by atoms with Gasteiger partial charge in [0.25, 0.3) is 0 Å². The Hall–Kier alpha value is -4.20. The Kier molecular flexibility index (Phi) is 5.59. The molecule has 0 spiro atoms. The van der Waals surface area contributed by atoms with Crippen molar-refractivity contribution in [2.75, 3.05) is 30.1 Å². The topological polar surface area (TPSA) is 128 Å². The van der Waals surface area contributed by atoms with Gasteiger partial charge in [0.1, 0.15) is 5.69 Å². The molecule has 0 unspecified atom stereocenters. The van der Waals surface area contributed by atoms with Crippen LogP contribution in [0.1, 0.15) is 5.56 Å². The maximum absolute atomic E-state index is 12.9. The lowest BCUT2D eigenvalue weighted by Crippen LogP contribution is -2.47. The van der Waals surface area contributed by atoms with E-state index in [9.17, 15) is 18.0 Å². The van der Waals surface area contributed by atoms with Crippen molar-refractivity contribution in [3.05, 3.63) is 42.2 Å². The van der Waals surface area contributed by atoms with E-state index in [1.54, 1.807) is 24.3 Å². The first-order valence-electron chi connectivity index (χ1n) is 9.26. The van der Waals surface area contributed by atoms with Crippen molar-refractivity contribution in [2.45, 2.75) is 12.7 Å². The van der Waals surface area contributed by atoms with Gasteiger partial charge in [0, 0.05) is 0 Å². The zero-order valence-corrected chi connectivity index (χ0v) is 17.2. The van der Waals surface area contributed by atoms with Gasteiger partial charge < -0.3 is 24.5 Å². The van der Waals surface area contributed by atoms with Crippen LogP contribution in [0.3, 0.4) is 0 Å². The lowest BCUT2D eigenvalue weighted by Gasteiger charge is -2.21. The number of fused-ring (bicyclic) bond motifs is 1. The van der Waals surface area contributed by atoms with Gasteiger partial charge in [0.05, 0.1) is 27.0 Å². The molecule has 4 rings (SSSR count). The highest BCUT2D eigenvalue weighted by Gasteiger charge is 2.45. The molecule has 3 N–H and O–H groups in total. The van der Waals surface area contributed by atoms with Crippen molar-refractivity contribution >= 4 is 23.4 Å². The number of nitrogens with one attached hydrogen (secondary N) is 1. The van der Waals surface area contributed by atoms with Gasteiger partial charge in [0.2, 0.25) is 5.95 Å². The highest BCUT2D eigenvalue weighted by molar-refractivity contribution is 5.86. The van der Waals surface area contributed by atoms with Crippen LogP contribution < -0.4 is 30.9 Å². The van der Waals surface area contributed by atoms with E-state index >= 15 is 0 Å². The minimum Gasteiger partial charge on any atom is -0.493 e. The maximum Gasteiger partial charge on any atom is 0.493 e. The summed E-state index contributed by atoms with van der Waals surface area (Å²) >= 11 is 0. The first-order valence-corrected chi connectivity index (χ1v) is 9.26. The third-order valence-corrected chi connectivity index (χ3v) is 4.50. The van der Waals surface area contributed by atoms with E-state index in [0.29, 0.717) is 22.2 Å². The van der Waals surface area contributed by atoms with E-state index in [1.165, 1.54) is 31.6 Å². The number of aromatic nitrogens is 2. The van der Waals surface area contributed by atoms with Crippen LogP contribution in [0.4, 0.5) is 30.6 Å². The van der Waals surface area contributed by atoms with Gasteiger partial charge in [-0.3, -0.25) is 5.01 Å². The SMILES string of the molecule is COc1ccc(CN2NN(OC(=O)C(F)(F)F)c3c(-c4ccco4)nc(N)nc32)cc1OC. The standard InChI is InChI=1S/C19H17F3N6O5/c1-30-11-6-5-10(8-13(11)31-2)9-27-16-15(28(26-27)33-17(29)19(20,21)22)14(24-18(23)25-16)12-4-3-7-32-12/h3-8,26H,9H2,1-2H3,(H2,23,24,25). The summed E-state index contributed by atoms with van der Waals surface area (Å²) in [6, 6.07) is 8.11. The second kappa shape index (κ2) is 8.38. The molecule has 1 aliphatic rings. The first kappa shape index (κ1) is 22.0. The fourth-order valence-corrected chi connectivity index (χ4v) is 3.10. The summed E-state index contributed by atoms with van der Waals surface area (Å²) in [4.78, 5) is 24.3. The van der Waals surface area contributed by atoms with Gasteiger partial charge in [-0.15, -0.1) is 10.7 Å². The van der Waals surface area contributed by atoms with Crippen LogP contribution in [0.2, 0.25) is 0 Å². The summed E-state index contributed by atoms with van der Waals surface area (Å²) in [5.41, 5.74) is 8.96. The number of ether oxygens (including phenoxy) is 2. The molecule has 3 heterocycles. The summed E-state index contributed by atoms with van der Waals surface area (Å²) in [5, 5.41) is 1.84. The number of nitrogen functional groups attached to an aromatic ring is 1. The molecule has 0 radical (unpaired) electrons. The molecule has 0 bridgehead atoms.